The van der Waals surface area contributed by atoms with Gasteiger partial charge in [-0.15, -0.1) is 0 Å². The van der Waals surface area contributed by atoms with E-state index in [1.54, 1.807) is 0 Å². The molecule has 2 amide bonds. The van der Waals surface area contributed by atoms with Gasteiger partial charge in [0.15, 0.2) is 0 Å². The molecule has 2 atom stereocenters. The third-order valence-corrected chi connectivity index (χ3v) is 2.72. The van der Waals surface area contributed by atoms with Gasteiger partial charge in [-0.2, -0.15) is 0 Å². The summed E-state index contributed by atoms with van der Waals surface area (Å²) < 4.78 is 0. The van der Waals surface area contributed by atoms with Gasteiger partial charge in [0.1, 0.15) is 0 Å². The molecule has 1 aliphatic carbocycles. The van der Waals surface area contributed by atoms with Crippen LogP contribution in [0.25, 0.3) is 0 Å². The molecular formula is C9H17N3O2. The Morgan fingerprint density at radius 3 is 2.50 bits per heavy atom. The number of hydrogen-bond donors (Lipinski definition) is 3. The zero-order valence-corrected chi connectivity index (χ0v) is 8.16. The van der Waals surface area contributed by atoms with E-state index in [-0.39, 0.29) is 12.0 Å². The third-order valence-electron chi connectivity index (χ3n) is 2.72. The molecule has 14 heavy (non-hydrogen) atoms. The molecule has 0 aromatic rings. The molecule has 1 aliphatic rings. The van der Waals surface area contributed by atoms with E-state index in [1.807, 2.05) is 0 Å². The molecule has 0 bridgehead atoms. The lowest BCUT2D eigenvalue weighted by atomic mass is 9.85. The molecule has 0 radical (unpaired) electrons. The Bertz CT molecular complexity index is 230. The van der Waals surface area contributed by atoms with Crippen molar-refractivity contribution in [1.82, 2.24) is 5.32 Å². The highest BCUT2D eigenvalue weighted by Gasteiger charge is 2.22. The molecule has 0 aromatic carbocycles. The average molecular weight is 199 g/mol. The molecule has 1 saturated carbocycles. The number of primary amides is 1. The summed E-state index contributed by atoms with van der Waals surface area (Å²) in [6.45, 7) is 0.461. The van der Waals surface area contributed by atoms with E-state index in [4.69, 9.17) is 11.5 Å². The Morgan fingerprint density at radius 2 is 1.93 bits per heavy atom. The minimum Gasteiger partial charge on any atom is -0.361 e. The highest BCUT2D eigenvalue weighted by molar-refractivity contribution is 6.34. The van der Waals surface area contributed by atoms with Gasteiger partial charge in [0, 0.05) is 12.6 Å². The maximum Gasteiger partial charge on any atom is 0.309 e. The first-order chi connectivity index (χ1) is 6.61. The van der Waals surface area contributed by atoms with Crippen LogP contribution in [0.1, 0.15) is 25.7 Å². The van der Waals surface area contributed by atoms with Crippen molar-refractivity contribution in [3.8, 4) is 0 Å². The van der Waals surface area contributed by atoms with Gasteiger partial charge in [-0.25, -0.2) is 0 Å². The maximum atomic E-state index is 10.9. The van der Waals surface area contributed by atoms with Crippen LogP contribution in [0.4, 0.5) is 0 Å². The van der Waals surface area contributed by atoms with Gasteiger partial charge >= 0.3 is 11.8 Å². The highest BCUT2D eigenvalue weighted by Crippen LogP contribution is 2.21. The topological polar surface area (TPSA) is 98.2 Å². The maximum absolute atomic E-state index is 10.9. The summed E-state index contributed by atoms with van der Waals surface area (Å²) in [5.74, 6) is -1.37. The van der Waals surface area contributed by atoms with Crippen LogP contribution >= 0.6 is 0 Å². The number of nitrogens with one attached hydrogen (secondary N) is 1. The molecule has 5 N–H and O–H groups in total. The molecule has 0 aliphatic heterocycles. The fraction of sp³-hybridized carbons (Fsp3) is 0.778. The first kappa shape index (κ1) is 11.0. The summed E-state index contributed by atoms with van der Waals surface area (Å²) in [5, 5.41) is 2.49. The van der Waals surface area contributed by atoms with Crippen molar-refractivity contribution in [3.05, 3.63) is 0 Å². The van der Waals surface area contributed by atoms with E-state index in [0.29, 0.717) is 6.54 Å². The molecule has 5 heteroatoms. The number of rotatable bonds is 2. The monoisotopic (exact) mass is 199 g/mol. The summed E-state index contributed by atoms with van der Waals surface area (Å²) in [5.41, 5.74) is 10.7. The van der Waals surface area contributed by atoms with Crippen LogP contribution < -0.4 is 16.8 Å². The fourth-order valence-electron chi connectivity index (χ4n) is 1.80. The summed E-state index contributed by atoms with van der Waals surface area (Å²) >= 11 is 0. The van der Waals surface area contributed by atoms with Gasteiger partial charge in [-0.05, 0) is 18.8 Å². The van der Waals surface area contributed by atoms with Gasteiger partial charge in [0.25, 0.3) is 0 Å². The minimum atomic E-state index is -0.936. The second-order valence-electron chi connectivity index (χ2n) is 3.78. The zero-order valence-electron chi connectivity index (χ0n) is 8.16. The van der Waals surface area contributed by atoms with Crippen molar-refractivity contribution in [2.24, 2.45) is 17.4 Å². The van der Waals surface area contributed by atoms with E-state index in [2.05, 4.69) is 5.32 Å². The lowest BCUT2D eigenvalue weighted by Gasteiger charge is -2.28. The first-order valence-electron chi connectivity index (χ1n) is 4.94. The van der Waals surface area contributed by atoms with Crippen molar-refractivity contribution in [2.45, 2.75) is 31.7 Å². The molecule has 5 nitrogen and oxygen atoms in total. The van der Waals surface area contributed by atoms with Gasteiger partial charge in [-0.3, -0.25) is 9.59 Å². The van der Waals surface area contributed by atoms with E-state index >= 15 is 0 Å². The van der Waals surface area contributed by atoms with Crippen molar-refractivity contribution >= 4 is 11.8 Å². The fourth-order valence-corrected chi connectivity index (χ4v) is 1.80. The molecular weight excluding hydrogens is 182 g/mol. The highest BCUT2D eigenvalue weighted by atomic mass is 16.2. The van der Waals surface area contributed by atoms with E-state index in [0.717, 1.165) is 25.7 Å². The summed E-state index contributed by atoms with van der Waals surface area (Å²) in [6.07, 6.45) is 4.31. The summed E-state index contributed by atoms with van der Waals surface area (Å²) in [7, 11) is 0. The second kappa shape index (κ2) is 4.95. The zero-order chi connectivity index (χ0) is 10.6. The Morgan fingerprint density at radius 1 is 1.29 bits per heavy atom. The van der Waals surface area contributed by atoms with E-state index in [9.17, 15) is 9.59 Å². The van der Waals surface area contributed by atoms with Crippen LogP contribution in [0.15, 0.2) is 0 Å². The van der Waals surface area contributed by atoms with Crippen LogP contribution in [0.5, 0.6) is 0 Å². The van der Waals surface area contributed by atoms with Crippen LogP contribution in [0.3, 0.4) is 0 Å². The van der Waals surface area contributed by atoms with E-state index < -0.39 is 11.8 Å². The minimum absolute atomic E-state index is 0.136. The van der Waals surface area contributed by atoms with Gasteiger partial charge in [0.2, 0.25) is 0 Å². The van der Waals surface area contributed by atoms with Crippen molar-refractivity contribution in [1.29, 1.82) is 0 Å². The van der Waals surface area contributed by atoms with Crippen molar-refractivity contribution < 1.29 is 9.59 Å². The van der Waals surface area contributed by atoms with Crippen molar-refractivity contribution in [2.75, 3.05) is 6.54 Å². The van der Waals surface area contributed by atoms with Crippen LogP contribution in [0, 0.1) is 5.92 Å². The Hall–Kier alpha value is -1.10. The number of hydrogen-bond acceptors (Lipinski definition) is 3. The molecule has 0 heterocycles. The molecule has 0 spiro atoms. The lowest BCUT2D eigenvalue weighted by Crippen LogP contribution is -2.44. The lowest BCUT2D eigenvalue weighted by molar-refractivity contribution is -0.137. The normalized spacial score (nSPS) is 26.9. The Kier molecular flexibility index (Phi) is 3.88. The van der Waals surface area contributed by atoms with Gasteiger partial charge in [0.05, 0.1) is 0 Å². The van der Waals surface area contributed by atoms with Crippen LogP contribution in [-0.4, -0.2) is 24.4 Å². The van der Waals surface area contributed by atoms with Gasteiger partial charge < -0.3 is 16.8 Å². The predicted molar refractivity (Wildman–Crippen MR) is 52.1 cm³/mol. The standard InChI is InChI=1S/C9H17N3O2/c10-7-4-2-1-3-6(7)5-12-9(14)8(11)13/h6-7H,1-5,10H2,(H2,11,13)(H,12,14). The molecule has 1 fully saturated rings. The van der Waals surface area contributed by atoms with Crippen LogP contribution in [-0.2, 0) is 9.59 Å². The smallest absolute Gasteiger partial charge is 0.309 e. The summed E-state index contributed by atoms with van der Waals surface area (Å²) in [6, 6.07) is 0.136. The van der Waals surface area contributed by atoms with Crippen molar-refractivity contribution in [3.63, 3.8) is 0 Å². The largest absolute Gasteiger partial charge is 0.361 e. The second-order valence-corrected chi connectivity index (χ2v) is 3.78. The van der Waals surface area contributed by atoms with E-state index in [1.165, 1.54) is 0 Å². The third kappa shape index (κ3) is 2.99. The predicted octanol–water partition coefficient (Wildman–Crippen LogP) is -0.895. The first-order valence-corrected chi connectivity index (χ1v) is 4.94. The van der Waals surface area contributed by atoms with Crippen LogP contribution in [0.2, 0.25) is 0 Å². The number of nitrogens with two attached hydrogens (primary N) is 2. The Labute approximate surface area is 83.2 Å². The molecule has 0 saturated heterocycles. The number of amides is 2. The quantitative estimate of drug-likeness (QED) is 0.503. The molecule has 80 valence electrons. The SMILES string of the molecule is NC(=O)C(=O)NCC1CCCCC1N. The molecule has 2 unspecified atom stereocenters. The summed E-state index contributed by atoms with van der Waals surface area (Å²) in [4.78, 5) is 21.3. The number of carbonyl (C=O) groups excluding carboxylic acids is 2. The average Bonchev–Trinajstić information content (AvgIpc) is 2.16. The molecule has 0 aromatic heterocycles. The number of carbonyl (C=O) groups is 2. The molecule has 1 rings (SSSR count). The van der Waals surface area contributed by atoms with Gasteiger partial charge in [-0.1, -0.05) is 12.8 Å². The Balaban J connectivity index is 2.29.